The molecule has 1 aromatic carbocycles. The maximum atomic E-state index is 12.8. The number of esters is 1. The molecule has 6 unspecified atom stereocenters. The summed E-state index contributed by atoms with van der Waals surface area (Å²) in [5.41, 5.74) is 9.94. The molecule has 7 nitrogen and oxygen atoms in total. The molecular weight excluding hydrogens is 607 g/mol. The first-order valence-electron chi connectivity index (χ1n) is 17.6. The SMILES string of the molecule is CC(C)(C)C(=O)C1CSC2CC(N)C(=O)N21.CCC.COC(=O)C1C(C(C)(C)C)CC2CC(c3ccccc3)=C(CC(C)(C)C)CN21. The molecule has 0 spiro atoms. The van der Waals surface area contributed by atoms with Crippen LogP contribution in [0.4, 0.5) is 0 Å². The third kappa shape index (κ3) is 9.51. The fourth-order valence-corrected chi connectivity index (χ4v) is 8.87. The topological polar surface area (TPSA) is 92.9 Å². The predicted molar refractivity (Wildman–Crippen MR) is 196 cm³/mol. The quantitative estimate of drug-likeness (QED) is 0.331. The van der Waals surface area contributed by atoms with Crippen LogP contribution in [0.2, 0.25) is 0 Å². The Kier molecular flexibility index (Phi) is 13.0. The number of carbonyl (C=O) groups excluding carboxylic acids is 3. The van der Waals surface area contributed by atoms with Gasteiger partial charge in [0.25, 0.3) is 0 Å². The van der Waals surface area contributed by atoms with Crippen molar-refractivity contribution in [2.45, 2.75) is 138 Å². The maximum Gasteiger partial charge on any atom is 0.323 e. The summed E-state index contributed by atoms with van der Waals surface area (Å²) in [6, 6.07) is 10.4. The van der Waals surface area contributed by atoms with Crippen LogP contribution in [-0.2, 0) is 19.1 Å². The van der Waals surface area contributed by atoms with Crippen LogP contribution in [0.25, 0.3) is 5.57 Å². The lowest BCUT2D eigenvalue weighted by molar-refractivity contribution is -0.148. The van der Waals surface area contributed by atoms with Gasteiger partial charge in [0.05, 0.1) is 18.5 Å². The van der Waals surface area contributed by atoms with Crippen LogP contribution < -0.4 is 5.73 Å². The Balaban J connectivity index is 0.000000266. The first-order valence-corrected chi connectivity index (χ1v) is 18.6. The third-order valence-electron chi connectivity index (χ3n) is 9.56. The van der Waals surface area contributed by atoms with Gasteiger partial charge in [0, 0.05) is 30.2 Å². The molecule has 0 aromatic heterocycles. The van der Waals surface area contributed by atoms with Crippen molar-refractivity contribution in [3.63, 3.8) is 0 Å². The Morgan fingerprint density at radius 1 is 0.979 bits per heavy atom. The van der Waals surface area contributed by atoms with E-state index < -0.39 is 11.5 Å². The van der Waals surface area contributed by atoms with E-state index in [0.717, 1.165) is 31.6 Å². The third-order valence-corrected chi connectivity index (χ3v) is 10.9. The van der Waals surface area contributed by atoms with E-state index in [2.05, 4.69) is 90.6 Å². The number of ether oxygens (including phenoxy) is 1. The molecule has 0 bridgehead atoms. The second-order valence-corrected chi connectivity index (χ2v) is 18.3. The van der Waals surface area contributed by atoms with Gasteiger partial charge in [-0.3, -0.25) is 19.3 Å². The highest BCUT2D eigenvalue weighted by Gasteiger charge is 2.52. The largest absolute Gasteiger partial charge is 0.468 e. The molecule has 3 fully saturated rings. The summed E-state index contributed by atoms with van der Waals surface area (Å²) in [5.74, 6) is 1.05. The van der Waals surface area contributed by atoms with E-state index in [1.807, 2.05) is 20.8 Å². The number of methoxy groups -OCH3 is 1. The molecule has 8 heteroatoms. The summed E-state index contributed by atoms with van der Waals surface area (Å²) in [4.78, 5) is 41.0. The zero-order valence-electron chi connectivity index (χ0n) is 31.3. The molecule has 3 saturated heterocycles. The van der Waals surface area contributed by atoms with Crippen molar-refractivity contribution in [1.82, 2.24) is 9.80 Å². The van der Waals surface area contributed by atoms with Gasteiger partial charge in [-0.2, -0.15) is 0 Å². The summed E-state index contributed by atoms with van der Waals surface area (Å²) in [6.07, 6.45) is 5.06. The molecule has 0 aliphatic carbocycles. The number of fused-ring (bicyclic) bond motifs is 2. The second kappa shape index (κ2) is 15.6. The number of ketones is 1. The summed E-state index contributed by atoms with van der Waals surface area (Å²) >= 11 is 1.68. The van der Waals surface area contributed by atoms with Crippen LogP contribution in [0, 0.1) is 22.2 Å². The van der Waals surface area contributed by atoms with Gasteiger partial charge in [0.2, 0.25) is 5.91 Å². The number of carbonyl (C=O) groups is 3. The van der Waals surface area contributed by atoms with E-state index in [1.54, 1.807) is 16.7 Å². The van der Waals surface area contributed by atoms with Gasteiger partial charge in [0.1, 0.15) is 12.1 Å². The molecule has 4 aliphatic heterocycles. The molecule has 47 heavy (non-hydrogen) atoms. The highest BCUT2D eigenvalue weighted by Crippen LogP contribution is 2.48. The van der Waals surface area contributed by atoms with Crippen LogP contribution in [0.3, 0.4) is 0 Å². The number of nitrogens with zero attached hydrogens (tertiary/aromatic N) is 2. The number of benzene rings is 1. The lowest BCUT2D eigenvalue weighted by Crippen LogP contribution is -2.48. The van der Waals surface area contributed by atoms with Crippen molar-refractivity contribution in [2.75, 3.05) is 19.4 Å². The molecule has 6 atom stereocenters. The van der Waals surface area contributed by atoms with E-state index in [9.17, 15) is 14.4 Å². The minimum absolute atomic E-state index is 0.0578. The number of amides is 1. The number of Topliss-reactive ketones (excluding diaryl/α,β-unsaturated/α-hetero) is 1. The number of thioether (sulfide) groups is 1. The smallest absolute Gasteiger partial charge is 0.323 e. The Bertz CT molecular complexity index is 1270. The number of nitrogens with two attached hydrogens (primary N) is 1. The van der Waals surface area contributed by atoms with Gasteiger partial charge in [-0.25, -0.2) is 0 Å². The van der Waals surface area contributed by atoms with Gasteiger partial charge in [-0.15, -0.1) is 11.8 Å². The van der Waals surface area contributed by atoms with Crippen molar-refractivity contribution in [2.24, 2.45) is 27.9 Å². The molecule has 264 valence electrons. The second-order valence-electron chi connectivity index (χ2n) is 17.1. The maximum absolute atomic E-state index is 12.8. The fourth-order valence-electron chi connectivity index (χ4n) is 7.40. The molecule has 0 saturated carbocycles. The minimum Gasteiger partial charge on any atom is -0.468 e. The van der Waals surface area contributed by atoms with E-state index in [-0.39, 0.29) is 45.9 Å². The van der Waals surface area contributed by atoms with Crippen molar-refractivity contribution >= 4 is 35.0 Å². The number of hydrogen-bond donors (Lipinski definition) is 1. The van der Waals surface area contributed by atoms with Gasteiger partial charge < -0.3 is 15.4 Å². The molecule has 2 N–H and O–H groups in total. The lowest BCUT2D eigenvalue weighted by atomic mass is 9.75. The van der Waals surface area contributed by atoms with E-state index in [0.29, 0.717) is 18.4 Å². The van der Waals surface area contributed by atoms with Crippen LogP contribution >= 0.6 is 11.8 Å². The van der Waals surface area contributed by atoms with Gasteiger partial charge in [0.15, 0.2) is 5.78 Å². The van der Waals surface area contributed by atoms with Crippen molar-refractivity contribution in [3.05, 3.63) is 41.5 Å². The zero-order valence-corrected chi connectivity index (χ0v) is 32.1. The molecule has 4 aliphatic rings. The lowest BCUT2D eigenvalue weighted by Gasteiger charge is -2.39. The standard InChI is InChI=1S/C25H37NO2.C11H18N2O2S.C3H8/c1-24(2,3)15-18-16-26-19(13-20(18)17-11-9-8-10-12-17)14-21(25(4,5)6)22(26)23(27)28-7;1-11(2,3)9(14)7-5-16-8-4-6(12)10(15)13(7)8;1-3-2/h8-12,19,21-22H,13-16H2,1-7H3;6-8H,4-5,12H2,1-3H3;3H2,1-2H3. The molecular formula is C39H63N3O4S. The first-order chi connectivity index (χ1) is 21.7. The predicted octanol–water partition coefficient (Wildman–Crippen LogP) is 7.58. The Labute approximate surface area is 289 Å². The Hall–Kier alpha value is -2.16. The monoisotopic (exact) mass is 669 g/mol. The molecule has 1 aromatic rings. The molecule has 4 heterocycles. The average molecular weight is 670 g/mol. The van der Waals surface area contributed by atoms with Crippen molar-refractivity contribution < 1.29 is 19.1 Å². The fraction of sp³-hybridized carbons (Fsp3) is 0.718. The van der Waals surface area contributed by atoms with Crippen molar-refractivity contribution in [3.8, 4) is 0 Å². The van der Waals surface area contributed by atoms with E-state index in [4.69, 9.17) is 10.5 Å². The Morgan fingerprint density at radius 2 is 1.57 bits per heavy atom. The average Bonchev–Trinajstić information content (AvgIpc) is 3.64. The molecule has 1 amide bonds. The normalized spacial score (nSPS) is 27.8. The van der Waals surface area contributed by atoms with Crippen molar-refractivity contribution in [1.29, 1.82) is 0 Å². The van der Waals surface area contributed by atoms with Gasteiger partial charge in [-0.1, -0.05) is 118 Å². The van der Waals surface area contributed by atoms with E-state index in [1.165, 1.54) is 30.2 Å². The number of rotatable bonds is 4. The van der Waals surface area contributed by atoms with Crippen LogP contribution in [0.5, 0.6) is 0 Å². The molecule has 5 rings (SSSR count). The molecule has 0 radical (unpaired) electrons. The number of hydrogen-bond acceptors (Lipinski definition) is 7. The van der Waals surface area contributed by atoms with Crippen LogP contribution in [-0.4, -0.2) is 76.4 Å². The van der Waals surface area contributed by atoms with Crippen LogP contribution in [0.1, 0.15) is 114 Å². The first kappa shape index (κ1) is 39.3. The van der Waals surface area contributed by atoms with Gasteiger partial charge in [-0.05, 0) is 47.1 Å². The summed E-state index contributed by atoms with van der Waals surface area (Å²) in [6.45, 7) is 24.5. The van der Waals surface area contributed by atoms with Gasteiger partial charge >= 0.3 is 5.97 Å². The zero-order chi connectivity index (χ0) is 35.5. The highest BCUT2D eigenvalue weighted by atomic mass is 32.2. The highest BCUT2D eigenvalue weighted by molar-refractivity contribution is 8.00. The summed E-state index contributed by atoms with van der Waals surface area (Å²) in [5, 5.41) is 0.124. The van der Waals surface area contributed by atoms with Crippen LogP contribution in [0.15, 0.2) is 35.9 Å². The summed E-state index contributed by atoms with van der Waals surface area (Å²) in [7, 11) is 1.53. The summed E-state index contributed by atoms with van der Waals surface area (Å²) < 4.78 is 5.26. The Morgan fingerprint density at radius 3 is 2.09 bits per heavy atom. The minimum atomic E-state index is -0.409. The van der Waals surface area contributed by atoms with E-state index >= 15 is 0 Å².